The molecular formula is C27H22ClN3O3. The zero-order valence-corrected chi connectivity index (χ0v) is 19.5. The molecule has 0 radical (unpaired) electrons. The molecule has 1 fully saturated rings. The molecule has 6 nitrogen and oxygen atoms in total. The number of imide groups is 1. The highest BCUT2D eigenvalue weighted by Crippen LogP contribution is 2.51. The highest BCUT2D eigenvalue weighted by molar-refractivity contribution is 6.31. The fraction of sp³-hybridized carbons (Fsp3) is 0.185. The van der Waals surface area contributed by atoms with Crippen LogP contribution in [0.25, 0.3) is 10.9 Å². The summed E-state index contributed by atoms with van der Waals surface area (Å²) in [5.74, 6) is 0.273. The van der Waals surface area contributed by atoms with Gasteiger partial charge in [0, 0.05) is 34.0 Å². The molecular weight excluding hydrogens is 450 g/mol. The van der Waals surface area contributed by atoms with Crippen molar-refractivity contribution in [2.24, 2.45) is 0 Å². The second-order valence-electron chi connectivity index (χ2n) is 8.84. The van der Waals surface area contributed by atoms with Crippen molar-refractivity contribution in [3.63, 3.8) is 0 Å². The molecule has 1 saturated heterocycles. The minimum atomic E-state index is -1.17. The van der Waals surface area contributed by atoms with E-state index in [0.717, 1.165) is 33.5 Å². The number of rotatable bonds is 3. The largest absolute Gasteiger partial charge is 0.496 e. The maximum atomic E-state index is 14.0. The van der Waals surface area contributed by atoms with Crippen LogP contribution in [-0.2, 0) is 10.3 Å². The van der Waals surface area contributed by atoms with Crippen LogP contribution in [0, 0.1) is 0 Å². The number of methoxy groups -OCH3 is 1. The van der Waals surface area contributed by atoms with Gasteiger partial charge in [0.15, 0.2) is 5.54 Å². The molecule has 7 heteroatoms. The van der Waals surface area contributed by atoms with E-state index in [1.807, 2.05) is 49.4 Å². The number of aromatic nitrogens is 1. The molecule has 0 spiro atoms. The number of benzene rings is 3. The number of anilines is 1. The summed E-state index contributed by atoms with van der Waals surface area (Å²) >= 11 is 6.19. The average molecular weight is 472 g/mol. The molecule has 0 unspecified atom stereocenters. The van der Waals surface area contributed by atoms with Crippen LogP contribution < -0.4 is 9.64 Å². The minimum absolute atomic E-state index is 0.175. The van der Waals surface area contributed by atoms with E-state index in [0.29, 0.717) is 17.3 Å². The van der Waals surface area contributed by atoms with Gasteiger partial charge >= 0.3 is 6.03 Å². The van der Waals surface area contributed by atoms with Crippen molar-refractivity contribution in [2.75, 3.05) is 18.6 Å². The molecule has 4 aromatic rings. The van der Waals surface area contributed by atoms with Crippen molar-refractivity contribution >= 4 is 40.1 Å². The van der Waals surface area contributed by atoms with Crippen LogP contribution in [0.4, 0.5) is 10.5 Å². The molecule has 170 valence electrons. The summed E-state index contributed by atoms with van der Waals surface area (Å²) in [5, 5.41) is 1.50. The topological polar surface area (TPSA) is 65.6 Å². The lowest BCUT2D eigenvalue weighted by molar-refractivity contribution is -0.125. The Labute approximate surface area is 201 Å². The van der Waals surface area contributed by atoms with E-state index >= 15 is 0 Å². The number of halogens is 1. The third kappa shape index (κ3) is 2.69. The van der Waals surface area contributed by atoms with Gasteiger partial charge in [-0.2, -0.15) is 0 Å². The molecule has 2 atom stereocenters. The fourth-order valence-corrected chi connectivity index (χ4v) is 5.65. The summed E-state index contributed by atoms with van der Waals surface area (Å²) in [6.07, 6.45) is 0. The van der Waals surface area contributed by atoms with E-state index in [-0.39, 0.29) is 17.9 Å². The fourth-order valence-electron chi connectivity index (χ4n) is 5.47. The molecule has 2 aliphatic rings. The number of nitrogens with zero attached hydrogens (tertiary/aromatic N) is 2. The molecule has 34 heavy (non-hydrogen) atoms. The molecule has 3 aromatic carbocycles. The summed E-state index contributed by atoms with van der Waals surface area (Å²) < 4.78 is 5.68. The van der Waals surface area contributed by atoms with Gasteiger partial charge in [0.2, 0.25) is 0 Å². The van der Waals surface area contributed by atoms with Crippen LogP contribution in [0.3, 0.4) is 0 Å². The maximum absolute atomic E-state index is 14.0. The van der Waals surface area contributed by atoms with Crippen LogP contribution in [0.1, 0.15) is 29.7 Å². The van der Waals surface area contributed by atoms with Crippen LogP contribution in [0.5, 0.6) is 5.75 Å². The number of fused-ring (bicyclic) bond motifs is 5. The number of aromatic amines is 1. The molecule has 2 aliphatic heterocycles. The molecule has 0 bridgehead atoms. The Morgan fingerprint density at radius 3 is 2.59 bits per heavy atom. The van der Waals surface area contributed by atoms with Gasteiger partial charge in [-0.05, 0) is 42.8 Å². The van der Waals surface area contributed by atoms with Crippen LogP contribution in [-0.4, -0.2) is 35.5 Å². The standard InChI is InChI=1S/C27H22ClN3O3/c1-27-24-23(19-11-3-5-12-21(19)29-24)20(18-10-4-6-13-22(18)34-2)15-30(27)26(33)31(25(27)32)17-9-7-8-16(28)14-17/h3-14,20,29H,15H2,1-2H3/t20-,27-/m0/s1. The number of para-hydroxylation sites is 2. The van der Waals surface area contributed by atoms with Gasteiger partial charge in [-0.3, -0.25) is 4.79 Å². The number of nitrogens with one attached hydrogen (secondary N) is 1. The smallest absolute Gasteiger partial charge is 0.332 e. The number of urea groups is 1. The number of hydrogen-bond acceptors (Lipinski definition) is 3. The van der Waals surface area contributed by atoms with Crippen molar-refractivity contribution < 1.29 is 14.3 Å². The second kappa shape index (κ2) is 7.37. The first-order chi connectivity index (χ1) is 16.4. The quantitative estimate of drug-likeness (QED) is 0.392. The Morgan fingerprint density at radius 1 is 1.03 bits per heavy atom. The summed E-state index contributed by atoms with van der Waals surface area (Å²) in [7, 11) is 1.65. The number of H-pyrrole nitrogens is 1. The number of ether oxygens (including phenoxy) is 1. The molecule has 0 saturated carbocycles. The summed E-state index contributed by atoms with van der Waals surface area (Å²) in [5.41, 5.74) is 2.94. The molecule has 1 aromatic heterocycles. The SMILES string of the molecule is COc1ccccc1[C@@H]1CN2C(=O)N(c3cccc(Cl)c3)C(=O)[C@]2(C)c2[nH]c3ccccc3c21. The zero-order valence-electron chi connectivity index (χ0n) is 18.7. The zero-order chi connectivity index (χ0) is 23.6. The minimum Gasteiger partial charge on any atom is -0.496 e. The van der Waals surface area contributed by atoms with E-state index < -0.39 is 5.54 Å². The van der Waals surface area contributed by atoms with Crippen LogP contribution in [0.15, 0.2) is 72.8 Å². The van der Waals surface area contributed by atoms with Crippen molar-refractivity contribution in [3.8, 4) is 5.75 Å². The van der Waals surface area contributed by atoms with Gasteiger partial charge in [-0.1, -0.05) is 54.1 Å². The van der Waals surface area contributed by atoms with Crippen molar-refractivity contribution in [3.05, 3.63) is 94.6 Å². The van der Waals surface area contributed by atoms with E-state index in [1.54, 1.807) is 36.3 Å². The Morgan fingerprint density at radius 2 is 1.79 bits per heavy atom. The van der Waals surface area contributed by atoms with Crippen LogP contribution in [0.2, 0.25) is 5.02 Å². The van der Waals surface area contributed by atoms with Gasteiger partial charge in [0.25, 0.3) is 5.91 Å². The molecule has 3 amide bonds. The Bertz CT molecular complexity index is 1480. The van der Waals surface area contributed by atoms with E-state index in [2.05, 4.69) is 11.1 Å². The number of carbonyl (C=O) groups excluding carboxylic acids is 2. The third-order valence-electron chi connectivity index (χ3n) is 7.11. The van der Waals surface area contributed by atoms with E-state index in [9.17, 15) is 9.59 Å². The van der Waals surface area contributed by atoms with Gasteiger partial charge < -0.3 is 14.6 Å². The molecule has 1 N–H and O–H groups in total. The number of amides is 3. The normalized spacial score (nSPS) is 21.7. The predicted molar refractivity (Wildman–Crippen MR) is 132 cm³/mol. The van der Waals surface area contributed by atoms with E-state index in [1.165, 1.54) is 4.90 Å². The van der Waals surface area contributed by atoms with E-state index in [4.69, 9.17) is 16.3 Å². The highest BCUT2D eigenvalue weighted by atomic mass is 35.5. The summed E-state index contributed by atoms with van der Waals surface area (Å²) in [6, 6.07) is 22.3. The second-order valence-corrected chi connectivity index (χ2v) is 9.28. The first-order valence-corrected chi connectivity index (χ1v) is 11.5. The number of carbonyl (C=O) groups is 2. The van der Waals surface area contributed by atoms with Crippen molar-refractivity contribution in [2.45, 2.75) is 18.4 Å². The molecule has 6 rings (SSSR count). The number of hydrogen-bond donors (Lipinski definition) is 1. The Hall–Kier alpha value is -3.77. The first-order valence-electron chi connectivity index (χ1n) is 11.1. The van der Waals surface area contributed by atoms with Gasteiger partial charge in [-0.25, -0.2) is 9.69 Å². The molecule has 0 aliphatic carbocycles. The lowest BCUT2D eigenvalue weighted by atomic mass is 9.78. The van der Waals surface area contributed by atoms with Gasteiger partial charge in [-0.15, -0.1) is 0 Å². The maximum Gasteiger partial charge on any atom is 0.332 e. The predicted octanol–water partition coefficient (Wildman–Crippen LogP) is 5.66. The summed E-state index contributed by atoms with van der Waals surface area (Å²) in [4.78, 5) is 34.1. The highest BCUT2D eigenvalue weighted by Gasteiger charge is 2.60. The van der Waals surface area contributed by atoms with Crippen molar-refractivity contribution in [1.29, 1.82) is 0 Å². The average Bonchev–Trinajstić information content (AvgIpc) is 3.33. The van der Waals surface area contributed by atoms with Gasteiger partial charge in [0.05, 0.1) is 18.5 Å². The Balaban J connectivity index is 1.60. The lowest BCUT2D eigenvalue weighted by Crippen LogP contribution is -2.50. The summed E-state index contributed by atoms with van der Waals surface area (Å²) in [6.45, 7) is 2.16. The lowest BCUT2D eigenvalue weighted by Gasteiger charge is -2.40. The van der Waals surface area contributed by atoms with Crippen molar-refractivity contribution in [1.82, 2.24) is 9.88 Å². The Kier molecular flexibility index (Phi) is 4.51. The molecule has 3 heterocycles. The first kappa shape index (κ1) is 20.8. The van der Waals surface area contributed by atoms with Crippen LogP contribution >= 0.6 is 11.6 Å². The monoisotopic (exact) mass is 471 g/mol. The van der Waals surface area contributed by atoms with Gasteiger partial charge in [0.1, 0.15) is 5.75 Å². The third-order valence-corrected chi connectivity index (χ3v) is 7.34.